The van der Waals surface area contributed by atoms with E-state index in [0.717, 1.165) is 44.0 Å². The highest BCUT2D eigenvalue weighted by atomic mass is 19.1. The van der Waals surface area contributed by atoms with Crippen molar-refractivity contribution in [2.75, 3.05) is 37.6 Å². The molecule has 0 bridgehead atoms. The summed E-state index contributed by atoms with van der Waals surface area (Å²) in [6, 6.07) is 9.73. The lowest BCUT2D eigenvalue weighted by Crippen LogP contribution is -2.46. The number of fused-ring (bicyclic) bond motifs is 1. The van der Waals surface area contributed by atoms with Crippen molar-refractivity contribution in [1.29, 1.82) is 0 Å². The number of nitrogens with one attached hydrogen (secondary N) is 1. The average molecular weight is 491 g/mol. The monoisotopic (exact) mass is 490 g/mol. The van der Waals surface area contributed by atoms with Crippen LogP contribution in [0, 0.1) is 12.7 Å². The Morgan fingerprint density at radius 2 is 1.97 bits per heavy atom. The van der Waals surface area contributed by atoms with Crippen LogP contribution in [0.5, 0.6) is 0 Å². The lowest BCUT2D eigenvalue weighted by atomic mass is 10.0. The Balaban J connectivity index is 1.48. The predicted octanol–water partition coefficient (Wildman–Crippen LogP) is 4.31. The molecule has 36 heavy (non-hydrogen) atoms. The number of halogens is 1. The summed E-state index contributed by atoms with van der Waals surface area (Å²) in [6.45, 7) is 10.6. The van der Waals surface area contributed by atoms with Gasteiger partial charge in [0.05, 0.1) is 28.9 Å². The van der Waals surface area contributed by atoms with Crippen molar-refractivity contribution in [2.24, 2.45) is 7.05 Å². The Hall–Kier alpha value is -3.72. The summed E-state index contributed by atoms with van der Waals surface area (Å²) in [6.07, 6.45) is 1.57. The fraction of sp³-hybridized carbons (Fsp3) is 0.370. The van der Waals surface area contributed by atoms with E-state index in [1.165, 1.54) is 12.1 Å². The van der Waals surface area contributed by atoms with E-state index < -0.39 is 6.04 Å². The molecule has 1 aliphatic heterocycles. The minimum absolute atomic E-state index is 0.273. The molecule has 1 amide bonds. The molecule has 1 aliphatic rings. The highest BCUT2D eigenvalue weighted by molar-refractivity contribution is 6.07. The van der Waals surface area contributed by atoms with Gasteiger partial charge >= 0.3 is 0 Å². The Morgan fingerprint density at radius 1 is 1.19 bits per heavy atom. The first-order valence-electron chi connectivity index (χ1n) is 12.3. The quantitative estimate of drug-likeness (QED) is 0.434. The predicted molar refractivity (Wildman–Crippen MR) is 138 cm³/mol. The second kappa shape index (κ2) is 9.73. The molecule has 0 saturated carbocycles. The number of likely N-dealkylation sites (N-methyl/N-ethyl adjacent to an activating group) is 1. The number of nitrogens with zero attached hydrogens (tertiary/aromatic N) is 5. The third kappa shape index (κ3) is 4.46. The summed E-state index contributed by atoms with van der Waals surface area (Å²) in [5, 5.41) is 8.27. The number of carbonyl (C=O) groups is 1. The number of aromatic nitrogens is 3. The van der Waals surface area contributed by atoms with Gasteiger partial charge in [0.1, 0.15) is 11.5 Å². The molecule has 3 aromatic heterocycles. The molecule has 0 spiro atoms. The first-order valence-corrected chi connectivity index (χ1v) is 12.3. The number of hydrogen-bond donors (Lipinski definition) is 1. The van der Waals surface area contributed by atoms with E-state index in [4.69, 9.17) is 4.42 Å². The normalized spacial score (nSPS) is 15.4. The minimum Gasteiger partial charge on any atom is -0.463 e. The number of piperazine rings is 1. The number of anilines is 1. The highest BCUT2D eigenvalue weighted by Crippen LogP contribution is 2.31. The summed E-state index contributed by atoms with van der Waals surface area (Å²) >= 11 is 0. The van der Waals surface area contributed by atoms with Crippen molar-refractivity contribution in [3.8, 4) is 11.5 Å². The van der Waals surface area contributed by atoms with E-state index in [2.05, 4.69) is 32.1 Å². The summed E-state index contributed by atoms with van der Waals surface area (Å²) < 4.78 is 21.6. The molecular weight excluding hydrogens is 459 g/mol. The molecule has 1 aromatic carbocycles. The first-order chi connectivity index (χ1) is 17.4. The molecule has 0 radical (unpaired) electrons. The minimum atomic E-state index is -0.417. The molecular formula is C27H31FN6O2. The number of carbonyl (C=O) groups excluding carboxylic acids is 1. The molecule has 5 rings (SSSR count). The van der Waals surface area contributed by atoms with Gasteiger partial charge in [-0.3, -0.25) is 9.48 Å². The Morgan fingerprint density at radius 3 is 2.67 bits per heavy atom. The topological polar surface area (TPSA) is 79.4 Å². The van der Waals surface area contributed by atoms with Gasteiger partial charge in [-0.25, -0.2) is 9.37 Å². The molecule has 1 unspecified atom stereocenters. The second-order valence-corrected chi connectivity index (χ2v) is 9.26. The Kier molecular flexibility index (Phi) is 6.49. The van der Waals surface area contributed by atoms with Crippen molar-refractivity contribution in [3.63, 3.8) is 0 Å². The van der Waals surface area contributed by atoms with Crippen LogP contribution in [0.2, 0.25) is 0 Å². The van der Waals surface area contributed by atoms with Crippen molar-refractivity contribution < 1.29 is 13.6 Å². The third-order valence-electron chi connectivity index (χ3n) is 6.95. The number of hydrogen-bond acceptors (Lipinski definition) is 6. The molecule has 0 aliphatic carbocycles. The summed E-state index contributed by atoms with van der Waals surface area (Å²) in [4.78, 5) is 23.0. The Labute approximate surface area is 209 Å². The fourth-order valence-electron chi connectivity index (χ4n) is 4.99. The lowest BCUT2D eigenvalue weighted by Gasteiger charge is -2.37. The molecule has 1 N–H and O–H groups in total. The van der Waals surface area contributed by atoms with Crippen LogP contribution in [-0.2, 0) is 7.05 Å². The van der Waals surface area contributed by atoms with Crippen molar-refractivity contribution >= 4 is 22.6 Å². The van der Waals surface area contributed by atoms with Gasteiger partial charge in [-0.05, 0) is 56.8 Å². The van der Waals surface area contributed by atoms with Gasteiger partial charge in [0.15, 0.2) is 11.4 Å². The third-order valence-corrected chi connectivity index (χ3v) is 6.95. The van der Waals surface area contributed by atoms with Gasteiger partial charge in [0.2, 0.25) is 0 Å². The van der Waals surface area contributed by atoms with E-state index in [0.29, 0.717) is 33.7 Å². The number of amides is 1. The number of rotatable bonds is 6. The van der Waals surface area contributed by atoms with Crippen LogP contribution in [0.3, 0.4) is 0 Å². The van der Waals surface area contributed by atoms with Gasteiger partial charge in [-0.2, -0.15) is 5.10 Å². The molecule has 4 aromatic rings. The molecule has 8 nitrogen and oxygen atoms in total. The molecule has 9 heteroatoms. The zero-order valence-electron chi connectivity index (χ0n) is 21.1. The van der Waals surface area contributed by atoms with E-state index in [1.807, 2.05) is 19.9 Å². The molecule has 1 saturated heterocycles. The standard InChI is InChI=1S/C27H31FN6O2/c1-5-33-10-12-34(13-11-33)23-9-8-19(28)15-20(23)17(2)29-27(35)21-16-22(24-7-6-14-36-24)30-26-25(21)18(3)31-32(26)4/h6-9,14-17H,5,10-13H2,1-4H3,(H,29,35). The smallest absolute Gasteiger partial charge is 0.252 e. The lowest BCUT2D eigenvalue weighted by molar-refractivity contribution is 0.0941. The van der Waals surface area contributed by atoms with Crippen molar-refractivity contribution in [3.05, 3.63) is 65.3 Å². The SMILES string of the molecule is CCN1CCN(c2ccc(F)cc2C(C)NC(=O)c2cc(-c3ccco3)nc3c2c(C)nn3C)CC1. The maximum atomic E-state index is 14.4. The molecule has 4 heterocycles. The van der Waals surface area contributed by atoms with Gasteiger partial charge in [0.25, 0.3) is 5.91 Å². The maximum Gasteiger partial charge on any atom is 0.252 e. The van der Waals surface area contributed by atoms with Crippen molar-refractivity contribution in [1.82, 2.24) is 25.0 Å². The number of furan rings is 1. The van der Waals surface area contributed by atoms with Crippen molar-refractivity contribution in [2.45, 2.75) is 26.8 Å². The number of pyridine rings is 1. The van der Waals surface area contributed by atoms with Crippen LogP contribution in [0.1, 0.15) is 41.5 Å². The van der Waals surface area contributed by atoms with E-state index in [-0.39, 0.29) is 11.7 Å². The fourth-order valence-corrected chi connectivity index (χ4v) is 4.99. The summed E-state index contributed by atoms with van der Waals surface area (Å²) in [5.74, 6) is -0.0298. The summed E-state index contributed by atoms with van der Waals surface area (Å²) in [7, 11) is 1.80. The van der Waals surface area contributed by atoms with Gasteiger partial charge in [-0.1, -0.05) is 6.92 Å². The van der Waals surface area contributed by atoms with Crippen LogP contribution in [0.15, 0.2) is 47.1 Å². The Bertz CT molecular complexity index is 1390. The van der Waals surface area contributed by atoms with E-state index in [1.54, 1.807) is 36.2 Å². The van der Waals surface area contributed by atoms with E-state index in [9.17, 15) is 9.18 Å². The van der Waals surface area contributed by atoms with Gasteiger partial charge < -0.3 is 19.5 Å². The molecule has 1 atom stereocenters. The first kappa shape index (κ1) is 24.0. The zero-order chi connectivity index (χ0) is 25.4. The number of aryl methyl sites for hydroxylation is 2. The van der Waals surface area contributed by atoms with Crippen LogP contribution >= 0.6 is 0 Å². The van der Waals surface area contributed by atoms with Gasteiger partial charge in [-0.15, -0.1) is 0 Å². The number of benzene rings is 1. The van der Waals surface area contributed by atoms with Crippen LogP contribution < -0.4 is 10.2 Å². The van der Waals surface area contributed by atoms with Crippen LogP contribution in [0.4, 0.5) is 10.1 Å². The van der Waals surface area contributed by atoms with E-state index >= 15 is 0 Å². The largest absolute Gasteiger partial charge is 0.463 e. The zero-order valence-corrected chi connectivity index (χ0v) is 21.1. The second-order valence-electron chi connectivity index (χ2n) is 9.26. The maximum absolute atomic E-state index is 14.4. The molecule has 188 valence electrons. The molecule has 1 fully saturated rings. The highest BCUT2D eigenvalue weighted by Gasteiger charge is 2.25. The summed E-state index contributed by atoms with van der Waals surface area (Å²) in [5.41, 5.74) is 4.02. The average Bonchev–Trinajstić information content (AvgIpc) is 3.52. The van der Waals surface area contributed by atoms with Crippen LogP contribution in [0.25, 0.3) is 22.5 Å². The van der Waals surface area contributed by atoms with Gasteiger partial charge in [0, 0.05) is 44.5 Å². The van der Waals surface area contributed by atoms with Crippen LogP contribution in [-0.4, -0.2) is 58.3 Å².